The largest absolute Gasteiger partial charge is 1.00 e. The zero-order chi connectivity index (χ0) is 20.5. The van der Waals surface area contributed by atoms with Crippen molar-refractivity contribution in [2.45, 2.75) is 82.8 Å². The fourth-order valence-corrected chi connectivity index (χ4v) is 3.21. The van der Waals surface area contributed by atoms with E-state index in [0.717, 1.165) is 19.3 Å². The van der Waals surface area contributed by atoms with Crippen LogP contribution in [0.3, 0.4) is 0 Å². The molecule has 0 fully saturated rings. The predicted octanol–water partition coefficient (Wildman–Crippen LogP) is -1.13. The van der Waals surface area contributed by atoms with Crippen molar-refractivity contribution < 1.29 is 66.7 Å². The number of hydrogen-bond donors (Lipinski definition) is 1. The maximum absolute atomic E-state index is 11.5. The van der Waals surface area contributed by atoms with Crippen LogP contribution in [0.25, 0.3) is 0 Å². The second-order valence-electron chi connectivity index (χ2n) is 6.54. The third-order valence-electron chi connectivity index (χ3n) is 4.09. The summed E-state index contributed by atoms with van der Waals surface area (Å²) in [6.07, 6.45) is 11.0. The summed E-state index contributed by atoms with van der Waals surface area (Å²) in [7, 11) is -4.86. The summed E-state index contributed by atoms with van der Waals surface area (Å²) in [5, 5.41) is 8.27. The molecular formula is C18H33NaO8S. The van der Waals surface area contributed by atoms with Gasteiger partial charge in [-0.3, -0.25) is 9.35 Å². The van der Waals surface area contributed by atoms with Crippen molar-refractivity contribution in [1.29, 1.82) is 0 Å². The number of esters is 1. The number of rotatable bonds is 18. The minimum atomic E-state index is -4.86. The fourth-order valence-electron chi connectivity index (χ4n) is 2.55. The number of carbonyl (C=O) groups is 2. The van der Waals surface area contributed by atoms with Crippen LogP contribution in [0.15, 0.2) is 0 Å². The first-order valence-corrected chi connectivity index (χ1v) is 11.2. The van der Waals surface area contributed by atoms with Gasteiger partial charge in [0.05, 0.1) is 6.61 Å². The molecule has 0 amide bonds. The van der Waals surface area contributed by atoms with Gasteiger partial charge in [-0.2, -0.15) is 8.42 Å². The molecule has 8 nitrogen and oxygen atoms in total. The fraction of sp³-hybridized carbons (Fsp3) is 0.889. The van der Waals surface area contributed by atoms with Gasteiger partial charge in [-0.25, -0.2) is 0 Å². The van der Waals surface area contributed by atoms with Gasteiger partial charge in [0, 0.05) is 19.0 Å². The number of carboxylic acid groups (broad SMARTS) is 1. The van der Waals surface area contributed by atoms with Crippen molar-refractivity contribution >= 4 is 22.1 Å². The molecule has 0 spiro atoms. The molecular weight excluding hydrogens is 399 g/mol. The van der Waals surface area contributed by atoms with E-state index in [1.807, 2.05) is 0 Å². The first-order valence-electron chi connectivity index (χ1n) is 9.69. The van der Waals surface area contributed by atoms with E-state index < -0.39 is 33.7 Å². The summed E-state index contributed by atoms with van der Waals surface area (Å²) in [4.78, 5) is 22.0. The van der Waals surface area contributed by atoms with Crippen molar-refractivity contribution in [3.63, 3.8) is 0 Å². The van der Waals surface area contributed by atoms with E-state index in [9.17, 15) is 23.1 Å². The molecule has 0 aliphatic rings. The zero-order valence-electron chi connectivity index (χ0n) is 17.2. The van der Waals surface area contributed by atoms with Crippen LogP contribution in [0.4, 0.5) is 0 Å². The number of ether oxygens (including phenoxy) is 2. The molecule has 28 heavy (non-hydrogen) atoms. The molecule has 0 rings (SSSR count). The van der Waals surface area contributed by atoms with Gasteiger partial charge >= 0.3 is 35.5 Å². The van der Waals surface area contributed by atoms with E-state index in [2.05, 4.69) is 11.7 Å². The number of carbonyl (C=O) groups excluding carboxylic acids is 2. The van der Waals surface area contributed by atoms with Crippen LogP contribution in [-0.4, -0.2) is 50.0 Å². The van der Waals surface area contributed by atoms with Gasteiger partial charge in [0.1, 0.15) is 6.61 Å². The number of aliphatic carboxylic acids is 1. The molecule has 10 heteroatoms. The summed E-state index contributed by atoms with van der Waals surface area (Å²) in [5.74, 6) is -3.10. The van der Waals surface area contributed by atoms with Gasteiger partial charge in [-0.1, -0.05) is 64.7 Å². The normalized spacial score (nSPS) is 12.2. The van der Waals surface area contributed by atoms with E-state index in [1.165, 1.54) is 44.9 Å². The SMILES string of the molecule is CCCCCCCCCCCCOCCOC(=O)C(CC(=O)[O-])S(=O)(=O)O.[Na+]. The molecule has 0 saturated carbocycles. The average molecular weight is 433 g/mol. The standard InChI is InChI=1S/C18H34O8S.Na/c1-2-3-4-5-6-7-8-9-10-11-12-25-13-14-26-18(21)16(15-17(19)20)27(22,23)24;/h16H,2-15H2,1H3,(H,19,20)(H,22,23,24);/q;+1/p-1. The summed E-state index contributed by atoms with van der Waals surface area (Å²) in [6.45, 7) is 2.58. The van der Waals surface area contributed by atoms with Crippen LogP contribution in [0.2, 0.25) is 0 Å². The minimum absolute atomic E-state index is 0. The van der Waals surface area contributed by atoms with Crippen LogP contribution in [0.5, 0.6) is 0 Å². The van der Waals surface area contributed by atoms with Crippen LogP contribution in [0.1, 0.15) is 77.6 Å². The number of carboxylic acids is 1. The molecule has 0 aliphatic heterocycles. The summed E-state index contributed by atoms with van der Waals surface area (Å²) >= 11 is 0. The van der Waals surface area contributed by atoms with Gasteiger partial charge < -0.3 is 19.4 Å². The van der Waals surface area contributed by atoms with E-state index in [4.69, 9.17) is 9.29 Å². The van der Waals surface area contributed by atoms with Gasteiger partial charge in [-0.15, -0.1) is 0 Å². The maximum Gasteiger partial charge on any atom is 1.00 e. The third-order valence-corrected chi connectivity index (χ3v) is 5.17. The monoisotopic (exact) mass is 432 g/mol. The molecule has 0 aromatic rings. The molecule has 0 aliphatic carbocycles. The Kier molecular flexibility index (Phi) is 20.2. The van der Waals surface area contributed by atoms with Crippen molar-refractivity contribution in [3.05, 3.63) is 0 Å². The van der Waals surface area contributed by atoms with Crippen molar-refractivity contribution in [2.75, 3.05) is 19.8 Å². The quantitative estimate of drug-likeness (QED) is 0.125. The Balaban J connectivity index is 0. The second-order valence-corrected chi connectivity index (χ2v) is 8.14. The Morgan fingerprint density at radius 1 is 0.893 bits per heavy atom. The summed E-state index contributed by atoms with van der Waals surface area (Å²) in [6, 6.07) is 0. The Morgan fingerprint density at radius 2 is 1.39 bits per heavy atom. The Hall–Kier alpha value is -0.190. The minimum Gasteiger partial charge on any atom is -0.550 e. The molecule has 0 aromatic carbocycles. The Bertz CT molecular complexity index is 510. The van der Waals surface area contributed by atoms with Crippen molar-refractivity contribution in [3.8, 4) is 0 Å². The van der Waals surface area contributed by atoms with Crippen molar-refractivity contribution in [2.24, 2.45) is 0 Å². The molecule has 0 bridgehead atoms. The molecule has 0 aromatic heterocycles. The third kappa shape index (κ3) is 17.9. The van der Waals surface area contributed by atoms with Gasteiger partial charge in [0.15, 0.2) is 5.25 Å². The molecule has 1 atom stereocenters. The number of hydrogen-bond acceptors (Lipinski definition) is 7. The Morgan fingerprint density at radius 3 is 1.86 bits per heavy atom. The molecule has 160 valence electrons. The van der Waals surface area contributed by atoms with E-state index in [1.54, 1.807) is 0 Å². The average Bonchev–Trinajstić information content (AvgIpc) is 2.58. The van der Waals surface area contributed by atoms with Crippen LogP contribution < -0.4 is 34.7 Å². The van der Waals surface area contributed by atoms with Gasteiger partial charge in [0.2, 0.25) is 0 Å². The van der Waals surface area contributed by atoms with Crippen LogP contribution >= 0.6 is 0 Å². The zero-order valence-corrected chi connectivity index (χ0v) is 20.0. The topological polar surface area (TPSA) is 130 Å². The molecule has 1 unspecified atom stereocenters. The maximum atomic E-state index is 11.5. The molecule has 0 radical (unpaired) electrons. The first kappa shape index (κ1) is 30.0. The summed E-state index contributed by atoms with van der Waals surface area (Å²) < 4.78 is 40.8. The molecule has 1 N–H and O–H groups in total. The first-order chi connectivity index (χ1) is 12.8. The van der Waals surface area contributed by atoms with Crippen LogP contribution in [-0.2, 0) is 29.2 Å². The van der Waals surface area contributed by atoms with Gasteiger partial charge in [-0.05, 0) is 6.42 Å². The van der Waals surface area contributed by atoms with E-state index in [-0.39, 0.29) is 42.8 Å². The summed E-state index contributed by atoms with van der Waals surface area (Å²) in [5.41, 5.74) is 0. The smallest absolute Gasteiger partial charge is 0.550 e. The van der Waals surface area contributed by atoms with E-state index in [0.29, 0.717) is 6.61 Å². The number of unbranched alkanes of at least 4 members (excludes halogenated alkanes) is 9. The second kappa shape index (κ2) is 18.8. The Labute approximate surface area is 190 Å². The van der Waals surface area contributed by atoms with E-state index >= 15 is 0 Å². The van der Waals surface area contributed by atoms with Crippen LogP contribution in [0, 0.1) is 0 Å². The van der Waals surface area contributed by atoms with Crippen molar-refractivity contribution in [1.82, 2.24) is 0 Å². The molecule has 0 heterocycles. The van der Waals surface area contributed by atoms with Gasteiger partial charge in [0.25, 0.3) is 10.1 Å². The predicted molar refractivity (Wildman–Crippen MR) is 98.6 cm³/mol. The molecule has 0 saturated heterocycles.